The largest absolute Gasteiger partial charge is 0.377 e. The Kier molecular flexibility index (Phi) is 12.0. The van der Waals surface area contributed by atoms with Gasteiger partial charge in [-0.15, -0.1) is 24.0 Å². The highest BCUT2D eigenvalue weighted by Gasteiger charge is 2.11. The number of hydrogen-bond acceptors (Lipinski definition) is 4. The van der Waals surface area contributed by atoms with Gasteiger partial charge in [-0.3, -0.25) is 4.99 Å². The third-order valence-electron chi connectivity index (χ3n) is 4.43. The Balaban J connectivity index is 0.00000480. The van der Waals surface area contributed by atoms with Crippen LogP contribution in [0.1, 0.15) is 35.6 Å². The molecule has 9 heteroatoms. The number of guanidine groups is 1. The first kappa shape index (κ1) is 27.3. The van der Waals surface area contributed by atoms with Crippen molar-refractivity contribution in [2.45, 2.75) is 38.8 Å². The zero-order valence-electron chi connectivity index (χ0n) is 18.2. The van der Waals surface area contributed by atoms with Gasteiger partial charge in [0.15, 0.2) is 15.8 Å². The highest BCUT2D eigenvalue weighted by atomic mass is 127. The quantitative estimate of drug-likeness (QED) is 0.199. The van der Waals surface area contributed by atoms with E-state index in [0.29, 0.717) is 36.8 Å². The third-order valence-corrected chi connectivity index (χ3v) is 5.26. The summed E-state index contributed by atoms with van der Waals surface area (Å²) >= 11 is 0. The van der Waals surface area contributed by atoms with Crippen LogP contribution in [0, 0.1) is 5.82 Å². The van der Waals surface area contributed by atoms with Gasteiger partial charge in [-0.05, 0) is 40.8 Å². The molecule has 0 aliphatic carbocycles. The van der Waals surface area contributed by atoms with Crippen molar-refractivity contribution in [2.24, 2.45) is 4.99 Å². The summed E-state index contributed by atoms with van der Waals surface area (Å²) in [6.45, 7) is 4.14. The lowest BCUT2D eigenvalue weighted by Gasteiger charge is -2.16. The predicted molar refractivity (Wildman–Crippen MR) is 134 cm³/mol. The molecule has 0 aromatic heterocycles. The molecule has 0 unspecified atom stereocenters. The second kappa shape index (κ2) is 13.6. The van der Waals surface area contributed by atoms with Crippen molar-refractivity contribution in [3.8, 4) is 0 Å². The molecule has 0 radical (unpaired) electrons. The summed E-state index contributed by atoms with van der Waals surface area (Å²) in [5.74, 6) is -0.0107. The molecule has 0 saturated heterocycles. The van der Waals surface area contributed by atoms with Crippen molar-refractivity contribution in [3.63, 3.8) is 0 Å². The number of nitrogens with zero attached hydrogens (tertiary/aromatic N) is 1. The molecule has 0 aliphatic rings. The fourth-order valence-corrected chi connectivity index (χ4v) is 3.80. The predicted octanol–water partition coefficient (Wildman–Crippen LogP) is 3.78. The minimum absolute atomic E-state index is 0. The number of sulfone groups is 1. The van der Waals surface area contributed by atoms with E-state index in [4.69, 9.17) is 4.74 Å². The van der Waals surface area contributed by atoms with Gasteiger partial charge in [-0.2, -0.15) is 0 Å². The van der Waals surface area contributed by atoms with Crippen molar-refractivity contribution in [2.75, 3.05) is 19.9 Å². The first-order valence-electron chi connectivity index (χ1n) is 9.86. The Hall–Kier alpha value is -1.72. The second-order valence-electron chi connectivity index (χ2n) is 7.08. The molecule has 0 heterocycles. The molecule has 2 aromatic rings. The molecule has 0 saturated carbocycles. The van der Waals surface area contributed by atoms with E-state index in [9.17, 15) is 12.8 Å². The van der Waals surface area contributed by atoms with Gasteiger partial charge in [-0.1, -0.05) is 37.3 Å². The monoisotopic (exact) mass is 563 g/mol. The number of ether oxygens (including phenoxy) is 1. The molecule has 31 heavy (non-hydrogen) atoms. The molecule has 0 bridgehead atoms. The highest BCUT2D eigenvalue weighted by Crippen LogP contribution is 2.15. The SMILES string of the molecule is CCCOCc1ccccc1CNC(=NC)NCc1cc(F)ccc1CS(C)(=O)=O.I. The van der Waals surface area contributed by atoms with E-state index in [1.54, 1.807) is 7.05 Å². The summed E-state index contributed by atoms with van der Waals surface area (Å²) in [5, 5.41) is 6.37. The summed E-state index contributed by atoms with van der Waals surface area (Å²) in [6, 6.07) is 12.1. The van der Waals surface area contributed by atoms with Crippen LogP contribution in [0.25, 0.3) is 0 Å². The first-order valence-corrected chi connectivity index (χ1v) is 11.9. The molecule has 2 N–H and O–H groups in total. The normalized spacial score (nSPS) is 11.7. The molecule has 0 atom stereocenters. The average Bonchev–Trinajstić information content (AvgIpc) is 2.70. The Morgan fingerprint density at radius 3 is 2.29 bits per heavy atom. The summed E-state index contributed by atoms with van der Waals surface area (Å²) in [5.41, 5.74) is 3.35. The van der Waals surface area contributed by atoms with Gasteiger partial charge < -0.3 is 15.4 Å². The van der Waals surface area contributed by atoms with Crippen LogP contribution < -0.4 is 10.6 Å². The van der Waals surface area contributed by atoms with Crippen molar-refractivity contribution < 1.29 is 17.5 Å². The summed E-state index contributed by atoms with van der Waals surface area (Å²) in [6.07, 6.45) is 2.13. The van der Waals surface area contributed by atoms with Gasteiger partial charge in [0.25, 0.3) is 0 Å². The summed E-state index contributed by atoms with van der Waals surface area (Å²) in [7, 11) is -1.58. The van der Waals surface area contributed by atoms with Gasteiger partial charge in [0.1, 0.15) is 5.82 Å². The van der Waals surface area contributed by atoms with Gasteiger partial charge in [0.05, 0.1) is 12.4 Å². The van der Waals surface area contributed by atoms with Crippen LogP contribution in [0.2, 0.25) is 0 Å². The maximum absolute atomic E-state index is 13.7. The van der Waals surface area contributed by atoms with Crippen LogP contribution in [0.5, 0.6) is 0 Å². The molecule has 0 spiro atoms. The number of rotatable bonds is 10. The Labute approximate surface area is 201 Å². The molecule has 2 rings (SSSR count). The van der Waals surface area contributed by atoms with Crippen molar-refractivity contribution >= 4 is 39.8 Å². The zero-order valence-corrected chi connectivity index (χ0v) is 21.3. The third kappa shape index (κ3) is 9.96. The molecule has 2 aromatic carbocycles. The van der Waals surface area contributed by atoms with E-state index in [2.05, 4.69) is 22.5 Å². The van der Waals surface area contributed by atoms with E-state index in [-0.39, 0.29) is 36.3 Å². The van der Waals surface area contributed by atoms with Crippen LogP contribution in [0.4, 0.5) is 4.39 Å². The van der Waals surface area contributed by atoms with Gasteiger partial charge in [0, 0.05) is 33.0 Å². The van der Waals surface area contributed by atoms with E-state index < -0.39 is 15.7 Å². The number of halogens is 2. The summed E-state index contributed by atoms with van der Waals surface area (Å²) < 4.78 is 42.7. The van der Waals surface area contributed by atoms with Crippen LogP contribution in [-0.4, -0.2) is 34.3 Å². The lowest BCUT2D eigenvalue weighted by molar-refractivity contribution is 0.121. The Morgan fingerprint density at radius 2 is 1.68 bits per heavy atom. The van der Waals surface area contributed by atoms with Crippen LogP contribution >= 0.6 is 24.0 Å². The Morgan fingerprint density at radius 1 is 1.03 bits per heavy atom. The topological polar surface area (TPSA) is 79.8 Å². The Bertz CT molecular complexity index is 968. The van der Waals surface area contributed by atoms with E-state index >= 15 is 0 Å². The van der Waals surface area contributed by atoms with Gasteiger partial charge in [-0.25, -0.2) is 12.8 Å². The van der Waals surface area contributed by atoms with E-state index in [0.717, 1.165) is 23.8 Å². The molecule has 0 fully saturated rings. The maximum Gasteiger partial charge on any atom is 0.191 e. The molecule has 6 nitrogen and oxygen atoms in total. The molecular weight excluding hydrogens is 532 g/mol. The molecule has 0 aliphatic heterocycles. The molecule has 0 amide bonds. The van der Waals surface area contributed by atoms with Crippen molar-refractivity contribution in [1.29, 1.82) is 0 Å². The standard InChI is InChI=1S/C22H30FN3O3S.HI/c1-4-11-29-15-18-8-6-5-7-17(18)13-25-22(24-2)26-14-20-12-21(23)10-9-19(20)16-30(3,27)28;/h5-10,12H,4,11,13-16H2,1-3H3,(H2,24,25,26);1H. The molecular formula is C22H31FIN3O3S. The van der Waals surface area contributed by atoms with E-state index in [1.807, 2.05) is 24.3 Å². The smallest absolute Gasteiger partial charge is 0.191 e. The maximum atomic E-state index is 13.7. The first-order chi connectivity index (χ1) is 14.3. The number of nitrogens with one attached hydrogen (secondary N) is 2. The molecule has 172 valence electrons. The second-order valence-corrected chi connectivity index (χ2v) is 9.22. The van der Waals surface area contributed by atoms with E-state index in [1.165, 1.54) is 18.2 Å². The van der Waals surface area contributed by atoms with Crippen molar-refractivity contribution in [1.82, 2.24) is 10.6 Å². The lowest BCUT2D eigenvalue weighted by atomic mass is 10.1. The zero-order chi connectivity index (χ0) is 22.0. The summed E-state index contributed by atoms with van der Waals surface area (Å²) in [4.78, 5) is 4.20. The van der Waals surface area contributed by atoms with Crippen LogP contribution in [0.15, 0.2) is 47.5 Å². The van der Waals surface area contributed by atoms with Crippen molar-refractivity contribution in [3.05, 3.63) is 70.5 Å². The van der Waals surface area contributed by atoms with Gasteiger partial charge >= 0.3 is 0 Å². The average molecular weight is 563 g/mol. The number of hydrogen-bond donors (Lipinski definition) is 2. The fourth-order valence-electron chi connectivity index (χ4n) is 2.96. The highest BCUT2D eigenvalue weighted by molar-refractivity contribution is 14.0. The lowest BCUT2D eigenvalue weighted by Crippen LogP contribution is -2.36. The fraction of sp³-hybridized carbons (Fsp3) is 0.409. The van der Waals surface area contributed by atoms with Crippen LogP contribution in [-0.2, 0) is 40.0 Å². The number of aliphatic imine (C=N–C) groups is 1. The van der Waals surface area contributed by atoms with Crippen LogP contribution in [0.3, 0.4) is 0 Å². The minimum Gasteiger partial charge on any atom is -0.377 e. The number of benzene rings is 2. The minimum atomic E-state index is -3.23. The van der Waals surface area contributed by atoms with Gasteiger partial charge in [0.2, 0.25) is 0 Å².